The smallest absolute Gasteiger partial charge is 0.255 e. The van der Waals surface area contributed by atoms with Crippen LogP contribution in [-0.2, 0) is 4.79 Å². The van der Waals surface area contributed by atoms with Crippen LogP contribution in [-0.4, -0.2) is 21.8 Å². The van der Waals surface area contributed by atoms with Gasteiger partial charge >= 0.3 is 0 Å². The molecule has 2 heterocycles. The molecule has 2 aromatic carbocycles. The topological polar surface area (TPSA) is 56.7 Å². The molecule has 2 aromatic rings. The standard InChI is InChI=1S/C18H17ClN4OS/c1-2-25-18-21-17(24)15-12-8-4-6-10-14(12)20-16(23(15)22-18)11-7-3-5-9-13(11)19/h3-10,15-16,20H,2H2,1H3,(H,21,22,24)/t15-,16+/m1/s1. The van der Waals surface area contributed by atoms with E-state index in [4.69, 9.17) is 16.7 Å². The molecule has 0 saturated carbocycles. The van der Waals surface area contributed by atoms with Crippen molar-refractivity contribution in [1.29, 1.82) is 0 Å². The van der Waals surface area contributed by atoms with Crippen LogP contribution in [0.25, 0.3) is 0 Å². The molecular weight excluding hydrogens is 356 g/mol. The Kier molecular flexibility index (Phi) is 4.31. The second-order valence-corrected chi connectivity index (χ2v) is 7.43. The monoisotopic (exact) mass is 372 g/mol. The first-order chi connectivity index (χ1) is 12.2. The fourth-order valence-corrected chi connectivity index (χ4v) is 4.01. The average molecular weight is 373 g/mol. The molecule has 0 aromatic heterocycles. The summed E-state index contributed by atoms with van der Waals surface area (Å²) in [6, 6.07) is 15.0. The van der Waals surface area contributed by atoms with Crippen molar-refractivity contribution in [3.63, 3.8) is 0 Å². The molecule has 0 aliphatic carbocycles. The SMILES string of the molecule is CCSC1=NN2[C@@H](c3ccccc3Cl)Nc3ccccc3[C@@H]2C(=O)N1. The van der Waals surface area contributed by atoms with Gasteiger partial charge in [0.05, 0.1) is 0 Å². The van der Waals surface area contributed by atoms with Gasteiger partial charge in [-0.15, -0.1) is 5.10 Å². The van der Waals surface area contributed by atoms with Gasteiger partial charge < -0.3 is 10.6 Å². The zero-order valence-corrected chi connectivity index (χ0v) is 15.1. The number of nitrogens with one attached hydrogen (secondary N) is 2. The van der Waals surface area contributed by atoms with Gasteiger partial charge in [0.2, 0.25) is 0 Å². The lowest BCUT2D eigenvalue weighted by Gasteiger charge is -2.43. The summed E-state index contributed by atoms with van der Waals surface area (Å²) in [6.07, 6.45) is -0.313. The second-order valence-electron chi connectivity index (χ2n) is 5.77. The van der Waals surface area contributed by atoms with Gasteiger partial charge in [-0.2, -0.15) is 0 Å². The number of nitrogens with zero attached hydrogens (tertiary/aromatic N) is 2. The van der Waals surface area contributed by atoms with Crippen molar-refractivity contribution in [1.82, 2.24) is 10.3 Å². The van der Waals surface area contributed by atoms with Crippen molar-refractivity contribution in [3.8, 4) is 0 Å². The summed E-state index contributed by atoms with van der Waals surface area (Å²) in [4.78, 5) is 12.8. The minimum atomic E-state index is -0.486. The Morgan fingerprint density at radius 1 is 1.16 bits per heavy atom. The Labute approximate surface area is 155 Å². The van der Waals surface area contributed by atoms with Crippen molar-refractivity contribution in [2.24, 2.45) is 5.10 Å². The molecule has 0 saturated heterocycles. The molecule has 25 heavy (non-hydrogen) atoms. The average Bonchev–Trinajstić information content (AvgIpc) is 2.61. The van der Waals surface area contributed by atoms with Crippen LogP contribution < -0.4 is 10.6 Å². The lowest BCUT2D eigenvalue weighted by molar-refractivity contribution is -0.127. The molecule has 2 aliphatic heterocycles. The number of amides is 1. The predicted octanol–water partition coefficient (Wildman–Crippen LogP) is 3.96. The highest BCUT2D eigenvalue weighted by Crippen LogP contribution is 2.43. The summed E-state index contributed by atoms with van der Waals surface area (Å²) in [7, 11) is 0. The van der Waals surface area contributed by atoms with E-state index >= 15 is 0 Å². The van der Waals surface area contributed by atoms with E-state index in [1.54, 1.807) is 0 Å². The highest BCUT2D eigenvalue weighted by atomic mass is 35.5. The lowest BCUT2D eigenvalue weighted by atomic mass is 9.97. The van der Waals surface area contributed by atoms with E-state index < -0.39 is 6.04 Å². The van der Waals surface area contributed by atoms with Crippen LogP contribution in [0.1, 0.15) is 30.3 Å². The quantitative estimate of drug-likeness (QED) is 0.837. The van der Waals surface area contributed by atoms with Crippen LogP contribution in [0.4, 0.5) is 5.69 Å². The predicted molar refractivity (Wildman–Crippen MR) is 103 cm³/mol. The molecule has 0 bridgehead atoms. The Hall–Kier alpha value is -2.18. The largest absolute Gasteiger partial charge is 0.360 e. The molecule has 128 valence electrons. The number of hydrazone groups is 1. The number of carbonyl (C=O) groups excluding carboxylic acids is 1. The third-order valence-electron chi connectivity index (χ3n) is 4.24. The van der Waals surface area contributed by atoms with E-state index in [0.29, 0.717) is 10.2 Å². The van der Waals surface area contributed by atoms with Gasteiger partial charge in [0.1, 0.15) is 6.17 Å². The number of carbonyl (C=O) groups is 1. The number of anilines is 1. The van der Waals surface area contributed by atoms with Gasteiger partial charge in [0, 0.05) is 21.8 Å². The first-order valence-electron chi connectivity index (χ1n) is 8.09. The van der Waals surface area contributed by atoms with Gasteiger partial charge in [-0.05, 0) is 17.9 Å². The van der Waals surface area contributed by atoms with Gasteiger partial charge in [-0.1, -0.05) is 66.7 Å². The summed E-state index contributed by atoms with van der Waals surface area (Å²) in [5, 5.41) is 14.2. The molecule has 7 heteroatoms. The van der Waals surface area contributed by atoms with E-state index in [1.807, 2.05) is 60.5 Å². The molecular formula is C18H17ClN4OS. The number of hydrogen-bond donors (Lipinski definition) is 2. The molecule has 0 spiro atoms. The molecule has 0 fully saturated rings. The van der Waals surface area contributed by atoms with Crippen LogP contribution in [0, 0.1) is 0 Å². The number of para-hydroxylation sites is 1. The third kappa shape index (κ3) is 2.85. The zero-order valence-electron chi connectivity index (χ0n) is 13.6. The molecule has 1 amide bonds. The maximum absolute atomic E-state index is 12.8. The van der Waals surface area contributed by atoms with E-state index in [9.17, 15) is 4.79 Å². The van der Waals surface area contributed by atoms with Gasteiger partial charge in [-0.3, -0.25) is 9.80 Å². The molecule has 2 N–H and O–H groups in total. The summed E-state index contributed by atoms with van der Waals surface area (Å²) >= 11 is 7.94. The molecule has 4 rings (SSSR count). The third-order valence-corrected chi connectivity index (χ3v) is 5.33. The highest BCUT2D eigenvalue weighted by Gasteiger charge is 2.42. The second kappa shape index (κ2) is 6.61. The van der Waals surface area contributed by atoms with E-state index in [1.165, 1.54) is 11.8 Å². The number of rotatable bonds is 2. The van der Waals surface area contributed by atoms with E-state index in [2.05, 4.69) is 10.6 Å². The number of hydrogen-bond acceptors (Lipinski definition) is 5. The lowest BCUT2D eigenvalue weighted by Crippen LogP contribution is -2.51. The van der Waals surface area contributed by atoms with Crippen molar-refractivity contribution < 1.29 is 4.79 Å². The van der Waals surface area contributed by atoms with Crippen molar-refractivity contribution in [2.45, 2.75) is 19.1 Å². The molecule has 0 radical (unpaired) electrons. The van der Waals surface area contributed by atoms with Gasteiger partial charge in [0.25, 0.3) is 5.91 Å². The molecule has 2 atom stereocenters. The van der Waals surface area contributed by atoms with Crippen LogP contribution >= 0.6 is 23.4 Å². The zero-order chi connectivity index (χ0) is 17.4. The minimum absolute atomic E-state index is 0.0723. The summed E-state index contributed by atoms with van der Waals surface area (Å²) in [5.74, 6) is 0.759. The van der Waals surface area contributed by atoms with Crippen LogP contribution in [0.2, 0.25) is 5.02 Å². The first kappa shape index (κ1) is 16.3. The van der Waals surface area contributed by atoms with Gasteiger partial charge in [0.15, 0.2) is 11.2 Å². The van der Waals surface area contributed by atoms with E-state index in [0.717, 1.165) is 22.6 Å². The minimum Gasteiger partial charge on any atom is -0.360 e. The Balaban J connectivity index is 1.86. The molecule has 0 unspecified atom stereocenters. The summed E-state index contributed by atoms with van der Waals surface area (Å²) < 4.78 is 0. The van der Waals surface area contributed by atoms with Crippen molar-refractivity contribution >= 4 is 40.1 Å². The highest BCUT2D eigenvalue weighted by molar-refractivity contribution is 8.13. The maximum atomic E-state index is 12.8. The normalized spacial score (nSPS) is 21.6. The number of benzene rings is 2. The van der Waals surface area contributed by atoms with Crippen molar-refractivity contribution in [2.75, 3.05) is 11.1 Å². The Morgan fingerprint density at radius 2 is 1.88 bits per heavy atom. The summed E-state index contributed by atoms with van der Waals surface area (Å²) in [5.41, 5.74) is 2.72. The number of fused-ring (bicyclic) bond motifs is 3. The number of thioether (sulfide) groups is 1. The fraction of sp³-hybridized carbons (Fsp3) is 0.222. The molecule has 2 aliphatic rings. The van der Waals surface area contributed by atoms with Crippen LogP contribution in [0.5, 0.6) is 0 Å². The first-order valence-corrected chi connectivity index (χ1v) is 9.46. The Bertz CT molecular complexity index is 856. The van der Waals surface area contributed by atoms with Crippen molar-refractivity contribution in [3.05, 3.63) is 64.7 Å². The number of halogens is 1. The van der Waals surface area contributed by atoms with E-state index in [-0.39, 0.29) is 12.1 Å². The van der Waals surface area contributed by atoms with Gasteiger partial charge in [-0.25, -0.2) is 0 Å². The maximum Gasteiger partial charge on any atom is 0.255 e. The fourth-order valence-electron chi connectivity index (χ4n) is 3.17. The summed E-state index contributed by atoms with van der Waals surface area (Å²) in [6.45, 7) is 2.03. The number of amidine groups is 1. The molecule has 5 nitrogen and oxygen atoms in total. The Morgan fingerprint density at radius 3 is 2.64 bits per heavy atom. The van der Waals surface area contributed by atoms with Crippen LogP contribution in [0.3, 0.4) is 0 Å². The van der Waals surface area contributed by atoms with Crippen LogP contribution in [0.15, 0.2) is 53.6 Å².